The van der Waals surface area contributed by atoms with Crippen LogP contribution in [0.1, 0.15) is 29.9 Å². The predicted octanol–water partition coefficient (Wildman–Crippen LogP) is 1.97. The molecule has 0 aliphatic heterocycles. The van der Waals surface area contributed by atoms with Gasteiger partial charge in [0.1, 0.15) is 0 Å². The second kappa shape index (κ2) is 5.42. The normalized spacial score (nSPS) is 11.2. The van der Waals surface area contributed by atoms with Crippen LogP contribution in [0.25, 0.3) is 0 Å². The maximum Gasteiger partial charge on any atom is 0.251 e. The summed E-state index contributed by atoms with van der Waals surface area (Å²) in [4.78, 5) is 23.3. The Hall–Kier alpha value is -2.21. The van der Waals surface area contributed by atoms with Crippen molar-refractivity contribution in [1.82, 2.24) is 15.0 Å². The predicted molar refractivity (Wildman–Crippen MR) is 76.4 cm³/mol. The van der Waals surface area contributed by atoms with E-state index >= 15 is 0 Å². The van der Waals surface area contributed by atoms with E-state index in [4.69, 9.17) is 17.3 Å². The molecule has 0 aliphatic rings. The van der Waals surface area contributed by atoms with E-state index < -0.39 is 11.4 Å². The van der Waals surface area contributed by atoms with Crippen molar-refractivity contribution in [3.05, 3.63) is 47.0 Å². The molecule has 2 aromatic heterocycles. The van der Waals surface area contributed by atoms with Gasteiger partial charge in [-0.05, 0) is 26.0 Å². The zero-order valence-corrected chi connectivity index (χ0v) is 11.8. The Balaban J connectivity index is 2.24. The van der Waals surface area contributed by atoms with Crippen LogP contribution in [0.15, 0.2) is 30.7 Å². The summed E-state index contributed by atoms with van der Waals surface area (Å²) < 4.78 is 0. The maximum absolute atomic E-state index is 11.0. The van der Waals surface area contributed by atoms with Crippen LogP contribution in [0.3, 0.4) is 0 Å². The number of hydrogen-bond acceptors (Lipinski definition) is 5. The van der Waals surface area contributed by atoms with Gasteiger partial charge in [0.25, 0.3) is 5.91 Å². The van der Waals surface area contributed by atoms with Crippen molar-refractivity contribution in [2.75, 3.05) is 5.32 Å². The summed E-state index contributed by atoms with van der Waals surface area (Å²) in [5, 5.41) is 3.67. The number of carbonyl (C=O) groups is 1. The number of pyridine rings is 1. The van der Waals surface area contributed by atoms with Gasteiger partial charge in [0.2, 0.25) is 5.95 Å². The maximum atomic E-state index is 11.0. The molecule has 0 fully saturated rings. The number of nitrogens with zero attached hydrogens (tertiary/aromatic N) is 3. The molecule has 0 bridgehead atoms. The van der Waals surface area contributed by atoms with Crippen LogP contribution >= 0.6 is 11.6 Å². The average Bonchev–Trinajstić information content (AvgIpc) is 2.39. The van der Waals surface area contributed by atoms with Crippen molar-refractivity contribution < 1.29 is 4.79 Å². The Bertz CT molecular complexity index is 627. The molecule has 20 heavy (non-hydrogen) atoms. The minimum Gasteiger partial charge on any atom is -0.366 e. The zero-order chi connectivity index (χ0) is 14.8. The number of aromatic nitrogens is 3. The van der Waals surface area contributed by atoms with Crippen molar-refractivity contribution in [3.8, 4) is 0 Å². The molecule has 0 spiro atoms. The molecule has 3 N–H and O–H groups in total. The third-order valence-electron chi connectivity index (χ3n) is 2.71. The molecule has 0 unspecified atom stereocenters. The van der Waals surface area contributed by atoms with E-state index in [0.717, 1.165) is 0 Å². The van der Waals surface area contributed by atoms with E-state index in [1.54, 1.807) is 18.3 Å². The van der Waals surface area contributed by atoms with Gasteiger partial charge >= 0.3 is 0 Å². The first-order valence-corrected chi connectivity index (χ1v) is 6.29. The molecule has 0 saturated carbocycles. The summed E-state index contributed by atoms with van der Waals surface area (Å²) in [6.07, 6.45) is 4.41. The topological polar surface area (TPSA) is 93.8 Å². The third kappa shape index (κ3) is 3.03. The zero-order valence-electron chi connectivity index (χ0n) is 11.1. The van der Waals surface area contributed by atoms with Crippen LogP contribution in [0.4, 0.5) is 5.95 Å². The molecule has 0 radical (unpaired) electrons. The van der Waals surface area contributed by atoms with Gasteiger partial charge in [-0.3, -0.25) is 9.78 Å². The second-order valence-corrected chi connectivity index (χ2v) is 5.15. The second-order valence-electron chi connectivity index (χ2n) is 4.74. The molecule has 2 rings (SSSR count). The molecule has 0 atom stereocenters. The highest BCUT2D eigenvalue weighted by molar-refractivity contribution is 6.31. The van der Waals surface area contributed by atoms with E-state index in [1.165, 1.54) is 12.4 Å². The van der Waals surface area contributed by atoms with Crippen molar-refractivity contribution in [2.24, 2.45) is 5.73 Å². The quantitative estimate of drug-likeness (QED) is 0.898. The molecule has 2 heterocycles. The van der Waals surface area contributed by atoms with Crippen LogP contribution in [0.5, 0.6) is 0 Å². The Morgan fingerprint density at radius 3 is 2.50 bits per heavy atom. The molecule has 1 amide bonds. The Morgan fingerprint density at radius 2 is 1.95 bits per heavy atom. The van der Waals surface area contributed by atoms with Gasteiger partial charge in [-0.25, -0.2) is 9.97 Å². The molecule has 6 nitrogen and oxygen atoms in total. The summed E-state index contributed by atoms with van der Waals surface area (Å²) in [5.74, 6) is -0.203. The van der Waals surface area contributed by atoms with Crippen LogP contribution < -0.4 is 11.1 Å². The smallest absolute Gasteiger partial charge is 0.251 e. The number of amides is 1. The van der Waals surface area contributed by atoms with E-state index in [0.29, 0.717) is 16.7 Å². The summed E-state index contributed by atoms with van der Waals surface area (Å²) in [6.45, 7) is 3.82. The van der Waals surface area contributed by atoms with E-state index in [2.05, 4.69) is 20.3 Å². The van der Waals surface area contributed by atoms with Gasteiger partial charge < -0.3 is 11.1 Å². The van der Waals surface area contributed by atoms with Gasteiger partial charge in [-0.2, -0.15) is 0 Å². The van der Waals surface area contributed by atoms with E-state index in [9.17, 15) is 4.79 Å². The molecule has 7 heteroatoms. The molecular weight excluding hydrogens is 278 g/mol. The van der Waals surface area contributed by atoms with Gasteiger partial charge in [-0.1, -0.05) is 11.6 Å². The number of carbonyl (C=O) groups excluding carboxylic acids is 1. The van der Waals surface area contributed by atoms with E-state index in [-0.39, 0.29) is 5.56 Å². The standard InChI is InChI=1S/C13H14ClN5O/c1-13(2,10-9(14)4-3-5-16-10)19-12-17-6-8(7-18-12)11(15)20/h3-7H,1-2H3,(H2,15,20)(H,17,18,19). The van der Waals surface area contributed by atoms with Gasteiger partial charge in [0.05, 0.1) is 21.8 Å². The van der Waals surface area contributed by atoms with Crippen molar-refractivity contribution in [1.29, 1.82) is 0 Å². The Morgan fingerprint density at radius 1 is 1.30 bits per heavy atom. The van der Waals surface area contributed by atoms with Crippen molar-refractivity contribution >= 4 is 23.5 Å². The fourth-order valence-corrected chi connectivity index (χ4v) is 2.06. The van der Waals surface area contributed by atoms with Crippen LogP contribution in [0.2, 0.25) is 5.02 Å². The molecule has 0 saturated heterocycles. The SMILES string of the molecule is CC(C)(Nc1ncc(C(N)=O)cn1)c1ncccc1Cl. The van der Waals surface area contributed by atoms with Crippen LogP contribution in [0, 0.1) is 0 Å². The third-order valence-corrected chi connectivity index (χ3v) is 3.02. The summed E-state index contributed by atoms with van der Waals surface area (Å²) >= 11 is 6.14. The highest BCUT2D eigenvalue weighted by Gasteiger charge is 2.25. The first-order valence-electron chi connectivity index (χ1n) is 5.91. The fraction of sp³-hybridized carbons (Fsp3) is 0.231. The number of hydrogen-bond donors (Lipinski definition) is 2. The van der Waals surface area contributed by atoms with Gasteiger partial charge in [0.15, 0.2) is 0 Å². The number of nitrogens with one attached hydrogen (secondary N) is 1. The number of primary amides is 1. The minimum absolute atomic E-state index is 0.254. The van der Waals surface area contributed by atoms with Gasteiger partial charge in [-0.15, -0.1) is 0 Å². The largest absolute Gasteiger partial charge is 0.366 e. The lowest BCUT2D eigenvalue weighted by molar-refractivity contribution is 0.0999. The van der Waals surface area contributed by atoms with Crippen molar-refractivity contribution in [2.45, 2.75) is 19.4 Å². The lowest BCUT2D eigenvalue weighted by Crippen LogP contribution is -2.30. The molecule has 0 aliphatic carbocycles. The number of nitrogens with two attached hydrogens (primary N) is 1. The summed E-state index contributed by atoms with van der Waals surface area (Å²) in [6, 6.07) is 3.53. The first kappa shape index (κ1) is 14.2. The highest BCUT2D eigenvalue weighted by Crippen LogP contribution is 2.27. The Labute approximate surface area is 121 Å². The minimum atomic E-state index is -0.566. The number of halogens is 1. The lowest BCUT2D eigenvalue weighted by atomic mass is 10.00. The van der Waals surface area contributed by atoms with E-state index in [1.807, 2.05) is 13.8 Å². The fourth-order valence-electron chi connectivity index (χ4n) is 1.70. The van der Waals surface area contributed by atoms with Gasteiger partial charge in [0, 0.05) is 18.6 Å². The molecule has 2 aromatic rings. The molecule has 0 aromatic carbocycles. The first-order chi connectivity index (χ1) is 9.40. The van der Waals surface area contributed by atoms with Crippen LogP contribution in [-0.4, -0.2) is 20.9 Å². The summed E-state index contributed by atoms with van der Waals surface area (Å²) in [7, 11) is 0. The number of anilines is 1. The molecule has 104 valence electrons. The average molecular weight is 292 g/mol. The van der Waals surface area contributed by atoms with Crippen molar-refractivity contribution in [3.63, 3.8) is 0 Å². The summed E-state index contributed by atoms with van der Waals surface area (Å²) in [5.41, 5.74) is 5.51. The Kier molecular flexibility index (Phi) is 3.85. The van der Waals surface area contributed by atoms with Crippen LogP contribution in [-0.2, 0) is 5.54 Å². The monoisotopic (exact) mass is 291 g/mol. The number of rotatable bonds is 4. The highest BCUT2D eigenvalue weighted by atomic mass is 35.5. The lowest BCUT2D eigenvalue weighted by Gasteiger charge is -2.26. The molecular formula is C13H14ClN5O.